The van der Waals surface area contributed by atoms with Crippen LogP contribution in [-0.2, 0) is 4.74 Å². The predicted molar refractivity (Wildman–Crippen MR) is 63.0 cm³/mol. The smallest absolute Gasteiger partial charge is 0.0545 e. The first-order chi connectivity index (χ1) is 7.20. The topological polar surface area (TPSA) is 21.3 Å². The summed E-state index contributed by atoms with van der Waals surface area (Å²) in [5.74, 6) is 0.803. The highest BCUT2D eigenvalue weighted by Crippen LogP contribution is 2.39. The van der Waals surface area contributed by atoms with Gasteiger partial charge in [0.05, 0.1) is 13.2 Å². The van der Waals surface area contributed by atoms with E-state index in [-0.39, 0.29) is 0 Å². The van der Waals surface area contributed by atoms with Gasteiger partial charge in [0.1, 0.15) is 0 Å². The maximum Gasteiger partial charge on any atom is 0.0545 e. The van der Waals surface area contributed by atoms with Crippen molar-refractivity contribution in [3.05, 3.63) is 0 Å². The van der Waals surface area contributed by atoms with Gasteiger partial charge in [0.2, 0.25) is 0 Å². The minimum absolute atomic E-state index is 0.517. The Bertz CT molecular complexity index is 193. The lowest BCUT2D eigenvalue weighted by molar-refractivity contribution is -0.132. The number of hydrogen-bond donors (Lipinski definition) is 1. The minimum atomic E-state index is 0.517. The molecule has 2 heterocycles. The molecule has 2 aliphatic rings. The van der Waals surface area contributed by atoms with Crippen LogP contribution in [0.5, 0.6) is 0 Å². The quantitative estimate of drug-likeness (QED) is 0.771. The zero-order valence-electron chi connectivity index (χ0n) is 10.2. The molecule has 0 aromatic rings. The van der Waals surface area contributed by atoms with E-state index in [9.17, 15) is 0 Å². The molecule has 2 aliphatic heterocycles. The number of piperidine rings is 1. The van der Waals surface area contributed by atoms with Gasteiger partial charge in [-0.3, -0.25) is 0 Å². The van der Waals surface area contributed by atoms with E-state index in [1.807, 2.05) is 0 Å². The largest absolute Gasteiger partial charge is 0.380 e. The molecular weight excluding hydrogens is 186 g/mol. The molecule has 0 saturated carbocycles. The Kier molecular flexibility index (Phi) is 3.68. The molecule has 0 aliphatic carbocycles. The van der Waals surface area contributed by atoms with Crippen LogP contribution in [0.2, 0.25) is 0 Å². The Labute approximate surface area is 93.8 Å². The molecule has 0 bridgehead atoms. The number of hydrogen-bond acceptors (Lipinski definition) is 2. The van der Waals surface area contributed by atoms with E-state index in [2.05, 4.69) is 19.2 Å². The van der Waals surface area contributed by atoms with E-state index in [0.29, 0.717) is 5.41 Å². The molecule has 15 heavy (non-hydrogen) atoms. The zero-order valence-corrected chi connectivity index (χ0v) is 10.2. The third-order valence-electron chi connectivity index (χ3n) is 3.75. The van der Waals surface area contributed by atoms with Crippen LogP contribution >= 0.6 is 0 Å². The second-order valence-corrected chi connectivity index (χ2v) is 5.94. The lowest BCUT2D eigenvalue weighted by atomic mass is 9.73. The fraction of sp³-hybridized carbons (Fsp3) is 1.00. The summed E-state index contributed by atoms with van der Waals surface area (Å²) in [6.45, 7) is 7.89. The molecule has 1 N–H and O–H groups in total. The Balaban J connectivity index is 1.83. The molecule has 2 saturated heterocycles. The lowest BCUT2D eigenvalue weighted by Crippen LogP contribution is -2.49. The summed E-state index contributed by atoms with van der Waals surface area (Å²) in [5.41, 5.74) is 0.517. The first kappa shape index (κ1) is 11.4. The molecule has 0 amide bonds. The summed E-state index contributed by atoms with van der Waals surface area (Å²) in [6.07, 6.45) is 6.83. The standard InChI is InChI=1S/C13H25NO/c1-11(2)7-13(9-15-10-13)8-12-5-3-4-6-14-12/h11-12,14H,3-10H2,1-2H3. The van der Waals surface area contributed by atoms with Crippen molar-refractivity contribution in [2.45, 2.75) is 52.0 Å². The fourth-order valence-corrected chi connectivity index (χ4v) is 3.20. The van der Waals surface area contributed by atoms with Gasteiger partial charge in [0, 0.05) is 11.5 Å². The molecule has 2 heteroatoms. The van der Waals surface area contributed by atoms with E-state index >= 15 is 0 Å². The highest BCUT2D eigenvalue weighted by molar-refractivity contribution is 4.91. The molecule has 1 unspecified atom stereocenters. The van der Waals surface area contributed by atoms with Gasteiger partial charge in [0.15, 0.2) is 0 Å². The van der Waals surface area contributed by atoms with Gasteiger partial charge in [-0.05, 0) is 38.1 Å². The number of ether oxygens (including phenoxy) is 1. The van der Waals surface area contributed by atoms with Crippen LogP contribution in [0.4, 0.5) is 0 Å². The average Bonchev–Trinajstić information content (AvgIpc) is 2.15. The molecule has 1 atom stereocenters. The van der Waals surface area contributed by atoms with Crippen LogP contribution in [0.25, 0.3) is 0 Å². The normalized spacial score (nSPS) is 30.2. The van der Waals surface area contributed by atoms with Crippen molar-refractivity contribution in [3.63, 3.8) is 0 Å². The summed E-state index contributed by atoms with van der Waals surface area (Å²) in [7, 11) is 0. The van der Waals surface area contributed by atoms with Crippen LogP contribution in [0.3, 0.4) is 0 Å². The first-order valence-corrected chi connectivity index (χ1v) is 6.51. The van der Waals surface area contributed by atoms with Crippen molar-refractivity contribution in [2.24, 2.45) is 11.3 Å². The fourth-order valence-electron chi connectivity index (χ4n) is 3.20. The highest BCUT2D eigenvalue weighted by atomic mass is 16.5. The summed E-state index contributed by atoms with van der Waals surface area (Å²) in [4.78, 5) is 0. The van der Waals surface area contributed by atoms with E-state index < -0.39 is 0 Å². The predicted octanol–water partition coefficient (Wildman–Crippen LogP) is 2.58. The molecule has 2 fully saturated rings. The van der Waals surface area contributed by atoms with Crippen LogP contribution < -0.4 is 5.32 Å². The first-order valence-electron chi connectivity index (χ1n) is 6.51. The van der Waals surface area contributed by atoms with Crippen molar-refractivity contribution in [2.75, 3.05) is 19.8 Å². The van der Waals surface area contributed by atoms with E-state index in [1.165, 1.54) is 38.6 Å². The van der Waals surface area contributed by atoms with Crippen LogP contribution in [-0.4, -0.2) is 25.8 Å². The lowest BCUT2D eigenvalue weighted by Gasteiger charge is -2.45. The number of rotatable bonds is 4. The highest BCUT2D eigenvalue weighted by Gasteiger charge is 2.40. The van der Waals surface area contributed by atoms with Crippen LogP contribution in [0.15, 0.2) is 0 Å². The van der Waals surface area contributed by atoms with Crippen molar-refractivity contribution in [1.29, 1.82) is 0 Å². The van der Waals surface area contributed by atoms with Gasteiger partial charge in [-0.2, -0.15) is 0 Å². The molecular formula is C13H25NO. The zero-order chi connectivity index (χ0) is 10.7. The SMILES string of the molecule is CC(C)CC1(CC2CCCCN2)COC1. The van der Waals surface area contributed by atoms with Gasteiger partial charge in [-0.15, -0.1) is 0 Å². The van der Waals surface area contributed by atoms with E-state index in [4.69, 9.17) is 4.74 Å². The minimum Gasteiger partial charge on any atom is -0.380 e. The Morgan fingerprint density at radius 1 is 1.33 bits per heavy atom. The summed E-state index contributed by atoms with van der Waals surface area (Å²) in [5, 5.41) is 3.66. The van der Waals surface area contributed by atoms with Gasteiger partial charge in [-0.25, -0.2) is 0 Å². The monoisotopic (exact) mass is 211 g/mol. The molecule has 0 spiro atoms. The Morgan fingerprint density at radius 3 is 2.60 bits per heavy atom. The van der Waals surface area contributed by atoms with E-state index in [1.54, 1.807) is 0 Å². The molecule has 0 aromatic heterocycles. The maximum absolute atomic E-state index is 5.45. The van der Waals surface area contributed by atoms with Gasteiger partial charge < -0.3 is 10.1 Å². The summed E-state index contributed by atoms with van der Waals surface area (Å²) in [6, 6.07) is 0.765. The second-order valence-electron chi connectivity index (χ2n) is 5.94. The Hall–Kier alpha value is -0.0800. The molecule has 2 rings (SSSR count). The van der Waals surface area contributed by atoms with Crippen LogP contribution in [0.1, 0.15) is 46.0 Å². The average molecular weight is 211 g/mol. The number of nitrogens with one attached hydrogen (secondary N) is 1. The molecule has 0 aromatic carbocycles. The van der Waals surface area contributed by atoms with Crippen LogP contribution in [0, 0.1) is 11.3 Å². The van der Waals surface area contributed by atoms with Gasteiger partial charge in [0.25, 0.3) is 0 Å². The third-order valence-corrected chi connectivity index (χ3v) is 3.75. The van der Waals surface area contributed by atoms with Crippen molar-refractivity contribution >= 4 is 0 Å². The molecule has 2 nitrogen and oxygen atoms in total. The van der Waals surface area contributed by atoms with Crippen molar-refractivity contribution in [1.82, 2.24) is 5.32 Å². The summed E-state index contributed by atoms with van der Waals surface area (Å²) < 4.78 is 5.45. The Morgan fingerprint density at radius 2 is 2.13 bits per heavy atom. The van der Waals surface area contributed by atoms with Crippen molar-refractivity contribution in [3.8, 4) is 0 Å². The maximum atomic E-state index is 5.45. The summed E-state index contributed by atoms with van der Waals surface area (Å²) >= 11 is 0. The molecule has 88 valence electrons. The van der Waals surface area contributed by atoms with E-state index in [0.717, 1.165) is 25.2 Å². The van der Waals surface area contributed by atoms with Gasteiger partial charge in [-0.1, -0.05) is 20.3 Å². The van der Waals surface area contributed by atoms with Gasteiger partial charge >= 0.3 is 0 Å². The third kappa shape index (κ3) is 2.94. The van der Waals surface area contributed by atoms with Crippen molar-refractivity contribution < 1.29 is 4.74 Å². The molecule has 0 radical (unpaired) electrons. The second kappa shape index (κ2) is 4.84.